The molecule has 162 valence electrons. The third-order valence-corrected chi connectivity index (χ3v) is 7.80. The van der Waals surface area contributed by atoms with Gasteiger partial charge in [-0.3, -0.25) is 9.78 Å². The van der Waals surface area contributed by atoms with Crippen LogP contribution in [0.25, 0.3) is 0 Å². The van der Waals surface area contributed by atoms with Crippen molar-refractivity contribution in [3.63, 3.8) is 0 Å². The van der Waals surface area contributed by atoms with Crippen LogP contribution >= 0.6 is 0 Å². The molecule has 3 heterocycles. The zero-order valence-electron chi connectivity index (χ0n) is 17.6. The number of hydrogen-bond acceptors (Lipinski definition) is 6. The van der Waals surface area contributed by atoms with Crippen LogP contribution in [0.5, 0.6) is 0 Å². The highest BCUT2D eigenvalue weighted by Gasteiger charge is 2.55. The van der Waals surface area contributed by atoms with E-state index in [1.54, 1.807) is 12.4 Å². The third-order valence-electron chi connectivity index (χ3n) is 7.80. The fourth-order valence-electron chi connectivity index (χ4n) is 6.74. The topological polar surface area (TPSA) is 99.2 Å². The lowest BCUT2D eigenvalue weighted by atomic mass is 9.52. The Kier molecular flexibility index (Phi) is 4.42. The molecule has 1 aliphatic heterocycles. The third kappa shape index (κ3) is 3.35. The molecule has 1 unspecified atom stereocenters. The molecule has 0 spiro atoms. The Morgan fingerprint density at radius 2 is 2.03 bits per heavy atom. The summed E-state index contributed by atoms with van der Waals surface area (Å²) in [4.78, 5) is 22.0. The van der Waals surface area contributed by atoms with Crippen LogP contribution in [0.3, 0.4) is 0 Å². The molecule has 31 heavy (non-hydrogen) atoms. The van der Waals surface area contributed by atoms with Crippen LogP contribution in [-0.4, -0.2) is 39.2 Å². The van der Waals surface area contributed by atoms with Crippen molar-refractivity contribution in [3.05, 3.63) is 47.4 Å². The summed E-state index contributed by atoms with van der Waals surface area (Å²) in [6.45, 7) is 1.23. The molecule has 5 atom stereocenters. The second-order valence-corrected chi connectivity index (χ2v) is 9.92. The van der Waals surface area contributed by atoms with Gasteiger partial charge in [-0.25, -0.2) is 4.98 Å². The number of aromatic nitrogens is 2. The lowest BCUT2D eigenvalue weighted by Crippen LogP contribution is -2.59. The van der Waals surface area contributed by atoms with E-state index in [0.717, 1.165) is 55.0 Å². The van der Waals surface area contributed by atoms with E-state index in [0.29, 0.717) is 35.9 Å². The lowest BCUT2D eigenvalue weighted by molar-refractivity contribution is -0.129. The number of rotatable bonds is 5. The van der Waals surface area contributed by atoms with Gasteiger partial charge in [0.2, 0.25) is 0 Å². The van der Waals surface area contributed by atoms with Gasteiger partial charge in [-0.15, -0.1) is 0 Å². The lowest BCUT2D eigenvalue weighted by Gasteiger charge is -2.58. The normalized spacial score (nSPS) is 32.4. The molecule has 4 saturated carbocycles. The molecule has 7 heteroatoms. The van der Waals surface area contributed by atoms with Crippen molar-refractivity contribution in [2.24, 2.45) is 17.8 Å². The molecule has 0 saturated heterocycles. The van der Waals surface area contributed by atoms with E-state index in [1.165, 1.54) is 12.8 Å². The molecule has 1 amide bonds. The minimum Gasteiger partial charge on any atom is -0.390 e. The maximum atomic E-state index is 13.2. The highest BCUT2D eigenvalue weighted by Crippen LogP contribution is 2.56. The van der Waals surface area contributed by atoms with Gasteiger partial charge in [-0.2, -0.15) is 0 Å². The Labute approximate surface area is 182 Å². The molecule has 4 aliphatic carbocycles. The van der Waals surface area contributed by atoms with Crippen LogP contribution in [0.4, 0.5) is 11.5 Å². The molecule has 7 rings (SSSR count). The largest absolute Gasteiger partial charge is 0.390 e. The quantitative estimate of drug-likeness (QED) is 0.595. The summed E-state index contributed by atoms with van der Waals surface area (Å²) in [5.74, 6) is 2.35. The second-order valence-electron chi connectivity index (χ2n) is 9.92. The standard InChI is InChI=1S/C24H29N5O2/c30-23(28-12-17-3-1-2-5-25-17)19-13-27-22-18(4-6-26-22)21(19)29-20-15-7-14-8-16(20)11-24(31,9-14)10-15/h1-3,5,13-16,20,31H,4,6-12H2,(H,28,30)(H2,26,27,29)/t14?,15-,16+,20+,24-. The van der Waals surface area contributed by atoms with Crippen molar-refractivity contribution >= 4 is 17.4 Å². The first-order valence-corrected chi connectivity index (χ1v) is 11.5. The van der Waals surface area contributed by atoms with E-state index in [2.05, 4.69) is 25.9 Å². The van der Waals surface area contributed by atoms with Crippen molar-refractivity contribution < 1.29 is 9.90 Å². The SMILES string of the molecule is O=C(NCc1ccccn1)c1cnc2c(c1N[C@H]1[C@@H]3CC4C[C@H]1C[C@@](O)(C4)C3)CCN2. The fourth-order valence-corrected chi connectivity index (χ4v) is 6.74. The zero-order valence-corrected chi connectivity index (χ0v) is 17.6. The predicted molar refractivity (Wildman–Crippen MR) is 118 cm³/mol. The molecular weight excluding hydrogens is 390 g/mol. The molecule has 4 fully saturated rings. The Morgan fingerprint density at radius 3 is 2.77 bits per heavy atom. The van der Waals surface area contributed by atoms with Gasteiger partial charge in [-0.1, -0.05) is 6.07 Å². The van der Waals surface area contributed by atoms with Crippen molar-refractivity contribution in [3.8, 4) is 0 Å². The van der Waals surface area contributed by atoms with Crippen molar-refractivity contribution in [1.82, 2.24) is 15.3 Å². The van der Waals surface area contributed by atoms with E-state index in [-0.39, 0.29) is 5.91 Å². The number of carbonyl (C=O) groups is 1. The van der Waals surface area contributed by atoms with Crippen LogP contribution in [0.1, 0.15) is 53.7 Å². The van der Waals surface area contributed by atoms with Gasteiger partial charge in [0.05, 0.1) is 29.1 Å². The fraction of sp³-hybridized carbons (Fsp3) is 0.542. The average molecular weight is 420 g/mol. The first kappa shape index (κ1) is 19.0. The maximum Gasteiger partial charge on any atom is 0.255 e. The Balaban J connectivity index is 1.28. The number of amides is 1. The van der Waals surface area contributed by atoms with Crippen LogP contribution in [0, 0.1) is 17.8 Å². The maximum absolute atomic E-state index is 13.2. The van der Waals surface area contributed by atoms with Gasteiger partial charge in [0.15, 0.2) is 0 Å². The summed E-state index contributed by atoms with van der Waals surface area (Å²) in [5.41, 5.74) is 3.01. The monoisotopic (exact) mass is 419 g/mol. The van der Waals surface area contributed by atoms with E-state index in [4.69, 9.17) is 0 Å². The van der Waals surface area contributed by atoms with Crippen LogP contribution in [0.2, 0.25) is 0 Å². The molecule has 5 aliphatic rings. The number of carbonyl (C=O) groups excluding carboxylic acids is 1. The molecule has 4 bridgehead atoms. The second kappa shape index (κ2) is 7.19. The van der Waals surface area contributed by atoms with Crippen LogP contribution in [0.15, 0.2) is 30.6 Å². The van der Waals surface area contributed by atoms with E-state index >= 15 is 0 Å². The Hall–Kier alpha value is -2.67. The number of fused-ring (bicyclic) bond motifs is 1. The number of pyridine rings is 2. The van der Waals surface area contributed by atoms with Crippen molar-refractivity contribution in [1.29, 1.82) is 0 Å². The molecular formula is C24H29N5O2. The zero-order chi connectivity index (χ0) is 21.0. The minimum atomic E-state index is -0.459. The first-order valence-electron chi connectivity index (χ1n) is 11.5. The number of aliphatic hydroxyl groups is 1. The summed E-state index contributed by atoms with van der Waals surface area (Å²) in [6.07, 6.45) is 9.39. The van der Waals surface area contributed by atoms with Gasteiger partial charge in [-0.05, 0) is 68.4 Å². The van der Waals surface area contributed by atoms with Crippen LogP contribution in [-0.2, 0) is 13.0 Å². The van der Waals surface area contributed by atoms with Crippen molar-refractivity contribution in [2.75, 3.05) is 17.2 Å². The highest BCUT2D eigenvalue weighted by atomic mass is 16.3. The van der Waals surface area contributed by atoms with Gasteiger partial charge in [0.1, 0.15) is 5.82 Å². The molecule has 0 aromatic carbocycles. The number of anilines is 2. The van der Waals surface area contributed by atoms with Crippen LogP contribution < -0.4 is 16.0 Å². The molecule has 4 N–H and O–H groups in total. The van der Waals surface area contributed by atoms with E-state index < -0.39 is 5.60 Å². The predicted octanol–water partition coefficient (Wildman–Crippen LogP) is 2.73. The highest BCUT2D eigenvalue weighted by molar-refractivity contribution is 6.01. The molecule has 7 nitrogen and oxygen atoms in total. The molecule has 2 aromatic rings. The number of nitrogens with one attached hydrogen (secondary N) is 3. The van der Waals surface area contributed by atoms with Crippen molar-refractivity contribution in [2.45, 2.75) is 56.7 Å². The average Bonchev–Trinajstić information content (AvgIpc) is 3.23. The minimum absolute atomic E-state index is 0.127. The summed E-state index contributed by atoms with van der Waals surface area (Å²) < 4.78 is 0. The number of hydrogen-bond donors (Lipinski definition) is 4. The summed E-state index contributed by atoms with van der Waals surface area (Å²) in [5, 5.41) is 21.1. The van der Waals surface area contributed by atoms with E-state index in [1.807, 2.05) is 18.2 Å². The summed E-state index contributed by atoms with van der Waals surface area (Å²) in [6, 6.07) is 6.01. The summed E-state index contributed by atoms with van der Waals surface area (Å²) >= 11 is 0. The Morgan fingerprint density at radius 1 is 1.19 bits per heavy atom. The van der Waals surface area contributed by atoms with Gasteiger partial charge < -0.3 is 21.1 Å². The Bertz CT molecular complexity index is 995. The summed E-state index contributed by atoms with van der Waals surface area (Å²) in [7, 11) is 0. The van der Waals surface area contributed by atoms with Gasteiger partial charge in [0.25, 0.3) is 5.91 Å². The van der Waals surface area contributed by atoms with E-state index in [9.17, 15) is 9.90 Å². The first-order chi connectivity index (χ1) is 15.1. The molecule has 0 radical (unpaired) electrons. The van der Waals surface area contributed by atoms with Gasteiger partial charge >= 0.3 is 0 Å². The smallest absolute Gasteiger partial charge is 0.255 e. The number of nitrogens with zero attached hydrogens (tertiary/aromatic N) is 2. The molecule has 2 aromatic heterocycles. The van der Waals surface area contributed by atoms with Gasteiger partial charge in [0, 0.05) is 30.5 Å².